The van der Waals surface area contributed by atoms with Crippen LogP contribution in [0, 0.1) is 20.8 Å². The minimum Gasteiger partial charge on any atom is -0.354 e. The Labute approximate surface area is 210 Å². The second-order valence-corrected chi connectivity index (χ2v) is 9.40. The molecule has 0 spiro atoms. The van der Waals surface area contributed by atoms with Crippen LogP contribution in [-0.4, -0.2) is 29.3 Å². The number of rotatable bonds is 11. The van der Waals surface area contributed by atoms with Crippen molar-refractivity contribution >= 4 is 11.8 Å². The number of amides is 2. The summed E-state index contributed by atoms with van der Waals surface area (Å²) in [6.45, 7) is 9.24. The number of carbonyl (C=O) groups is 2. The Morgan fingerprint density at radius 2 is 1.54 bits per heavy atom. The summed E-state index contributed by atoms with van der Waals surface area (Å²) in [5.41, 5.74) is 6.43. The number of benzene rings is 3. The van der Waals surface area contributed by atoms with Crippen molar-refractivity contribution in [2.45, 2.75) is 66.0 Å². The standard InChI is InChI=1S/C31H38N2O2/c1-5-6-18-32-31(35)29(20-26-13-8-7-9-14-26)33(22-27-15-11-10-12-24(27)3)30(34)21-28-19-23(2)16-17-25(28)4/h7-17,19,29H,5-6,18,20-22H2,1-4H3,(H,32,35)/t29-/m0/s1. The fourth-order valence-electron chi connectivity index (χ4n) is 4.29. The molecule has 3 rings (SSSR count). The molecule has 0 aliphatic rings. The maximum absolute atomic E-state index is 13.9. The first-order valence-corrected chi connectivity index (χ1v) is 12.6. The lowest BCUT2D eigenvalue weighted by Crippen LogP contribution is -2.51. The minimum atomic E-state index is -0.591. The molecule has 2 amide bonds. The second kappa shape index (κ2) is 12.9. The third-order valence-electron chi connectivity index (χ3n) is 6.55. The maximum atomic E-state index is 13.9. The monoisotopic (exact) mass is 470 g/mol. The van der Waals surface area contributed by atoms with Crippen molar-refractivity contribution in [3.05, 3.63) is 106 Å². The van der Waals surface area contributed by atoms with Gasteiger partial charge in [-0.3, -0.25) is 9.59 Å². The van der Waals surface area contributed by atoms with E-state index in [-0.39, 0.29) is 18.2 Å². The molecule has 0 saturated carbocycles. The molecular formula is C31H38N2O2. The normalized spacial score (nSPS) is 11.7. The molecule has 4 nitrogen and oxygen atoms in total. The van der Waals surface area contributed by atoms with E-state index in [4.69, 9.17) is 0 Å². The van der Waals surface area contributed by atoms with Crippen LogP contribution in [-0.2, 0) is 29.0 Å². The van der Waals surface area contributed by atoms with Crippen LogP contribution in [0.5, 0.6) is 0 Å². The van der Waals surface area contributed by atoms with Gasteiger partial charge in [-0.2, -0.15) is 0 Å². The van der Waals surface area contributed by atoms with Crippen molar-refractivity contribution in [3.63, 3.8) is 0 Å². The fourth-order valence-corrected chi connectivity index (χ4v) is 4.29. The van der Waals surface area contributed by atoms with Crippen LogP contribution in [0.3, 0.4) is 0 Å². The van der Waals surface area contributed by atoms with Gasteiger partial charge in [-0.15, -0.1) is 0 Å². The molecule has 0 aromatic heterocycles. The van der Waals surface area contributed by atoms with Crippen LogP contribution in [0.2, 0.25) is 0 Å². The quantitative estimate of drug-likeness (QED) is 0.365. The Kier molecular flexibility index (Phi) is 9.66. The van der Waals surface area contributed by atoms with E-state index in [0.717, 1.165) is 46.2 Å². The summed E-state index contributed by atoms with van der Waals surface area (Å²) in [4.78, 5) is 29.2. The van der Waals surface area contributed by atoms with E-state index >= 15 is 0 Å². The smallest absolute Gasteiger partial charge is 0.243 e. The highest BCUT2D eigenvalue weighted by Crippen LogP contribution is 2.20. The van der Waals surface area contributed by atoms with Crippen molar-refractivity contribution in [2.75, 3.05) is 6.54 Å². The molecule has 0 saturated heterocycles. The van der Waals surface area contributed by atoms with Crippen LogP contribution >= 0.6 is 0 Å². The molecular weight excluding hydrogens is 432 g/mol. The van der Waals surface area contributed by atoms with Crippen molar-refractivity contribution in [2.24, 2.45) is 0 Å². The highest BCUT2D eigenvalue weighted by molar-refractivity contribution is 5.89. The van der Waals surface area contributed by atoms with Crippen molar-refractivity contribution in [1.29, 1.82) is 0 Å². The van der Waals surface area contributed by atoms with E-state index in [0.29, 0.717) is 19.5 Å². The topological polar surface area (TPSA) is 49.4 Å². The number of carbonyl (C=O) groups excluding carboxylic acids is 2. The zero-order chi connectivity index (χ0) is 25.2. The molecule has 0 aliphatic heterocycles. The Morgan fingerprint density at radius 1 is 0.857 bits per heavy atom. The maximum Gasteiger partial charge on any atom is 0.243 e. The summed E-state index contributed by atoms with van der Waals surface area (Å²) < 4.78 is 0. The van der Waals surface area contributed by atoms with Gasteiger partial charge in [-0.05, 0) is 55.0 Å². The lowest BCUT2D eigenvalue weighted by Gasteiger charge is -2.32. The highest BCUT2D eigenvalue weighted by atomic mass is 16.2. The minimum absolute atomic E-state index is 0.0338. The van der Waals surface area contributed by atoms with E-state index < -0.39 is 6.04 Å². The van der Waals surface area contributed by atoms with E-state index in [1.165, 1.54) is 0 Å². The predicted molar refractivity (Wildman–Crippen MR) is 143 cm³/mol. The first-order chi connectivity index (χ1) is 16.9. The first-order valence-electron chi connectivity index (χ1n) is 12.6. The van der Waals surface area contributed by atoms with Crippen molar-refractivity contribution in [3.8, 4) is 0 Å². The number of nitrogens with zero attached hydrogens (tertiary/aromatic N) is 1. The summed E-state index contributed by atoms with van der Waals surface area (Å²) in [5, 5.41) is 3.09. The largest absolute Gasteiger partial charge is 0.354 e. The molecule has 0 unspecified atom stereocenters. The number of aryl methyl sites for hydroxylation is 3. The molecule has 4 heteroatoms. The summed E-state index contributed by atoms with van der Waals surface area (Å²) in [6.07, 6.45) is 2.66. The molecule has 1 N–H and O–H groups in total. The zero-order valence-corrected chi connectivity index (χ0v) is 21.5. The Hall–Kier alpha value is -3.40. The molecule has 3 aromatic carbocycles. The third kappa shape index (κ3) is 7.54. The Morgan fingerprint density at radius 3 is 2.26 bits per heavy atom. The molecule has 0 fully saturated rings. The Balaban J connectivity index is 1.98. The molecule has 3 aromatic rings. The first kappa shape index (κ1) is 26.2. The van der Waals surface area contributed by atoms with Gasteiger partial charge in [0.15, 0.2) is 0 Å². The number of hydrogen-bond acceptors (Lipinski definition) is 2. The zero-order valence-electron chi connectivity index (χ0n) is 21.5. The van der Waals surface area contributed by atoms with Gasteiger partial charge in [-0.25, -0.2) is 0 Å². The summed E-state index contributed by atoms with van der Waals surface area (Å²) in [7, 11) is 0. The van der Waals surface area contributed by atoms with Gasteiger partial charge in [0.25, 0.3) is 0 Å². The molecule has 35 heavy (non-hydrogen) atoms. The molecule has 0 aliphatic carbocycles. The van der Waals surface area contributed by atoms with Crippen molar-refractivity contribution < 1.29 is 9.59 Å². The number of unbranched alkanes of at least 4 members (excludes halogenated alkanes) is 1. The van der Waals surface area contributed by atoms with E-state index in [9.17, 15) is 9.59 Å². The van der Waals surface area contributed by atoms with Gasteiger partial charge < -0.3 is 10.2 Å². The third-order valence-corrected chi connectivity index (χ3v) is 6.55. The van der Waals surface area contributed by atoms with Gasteiger partial charge in [0.05, 0.1) is 6.42 Å². The molecule has 1 atom stereocenters. The van der Waals surface area contributed by atoms with Crippen molar-refractivity contribution in [1.82, 2.24) is 10.2 Å². The van der Waals surface area contributed by atoms with Gasteiger partial charge in [-0.1, -0.05) is 91.7 Å². The molecule has 0 heterocycles. The fraction of sp³-hybridized carbons (Fsp3) is 0.355. The van der Waals surface area contributed by atoms with E-state index in [1.807, 2.05) is 62.4 Å². The van der Waals surface area contributed by atoms with Crippen LogP contribution in [0.1, 0.15) is 53.1 Å². The Bertz CT molecular complexity index is 1120. The van der Waals surface area contributed by atoms with Gasteiger partial charge in [0.1, 0.15) is 6.04 Å². The molecule has 184 valence electrons. The summed E-state index contributed by atoms with van der Waals surface area (Å²) in [6, 6.07) is 23.7. The average Bonchev–Trinajstić information content (AvgIpc) is 2.85. The van der Waals surface area contributed by atoms with Gasteiger partial charge in [0.2, 0.25) is 11.8 Å². The SMILES string of the molecule is CCCCNC(=O)[C@H](Cc1ccccc1)N(Cc1ccccc1C)C(=O)Cc1cc(C)ccc1C. The van der Waals surface area contributed by atoms with Gasteiger partial charge in [0, 0.05) is 19.5 Å². The number of nitrogens with one attached hydrogen (secondary N) is 1. The molecule has 0 radical (unpaired) electrons. The van der Waals surface area contributed by atoms with Crippen LogP contribution < -0.4 is 5.32 Å². The second-order valence-electron chi connectivity index (χ2n) is 9.40. The molecule has 0 bridgehead atoms. The highest BCUT2D eigenvalue weighted by Gasteiger charge is 2.30. The summed E-state index contributed by atoms with van der Waals surface area (Å²) >= 11 is 0. The summed E-state index contributed by atoms with van der Waals surface area (Å²) in [5.74, 6) is -0.126. The van der Waals surface area contributed by atoms with E-state index in [1.54, 1.807) is 4.90 Å². The van der Waals surface area contributed by atoms with E-state index in [2.05, 4.69) is 43.4 Å². The van der Waals surface area contributed by atoms with Gasteiger partial charge >= 0.3 is 0 Å². The van der Waals surface area contributed by atoms with Crippen LogP contribution in [0.25, 0.3) is 0 Å². The van der Waals surface area contributed by atoms with Crippen LogP contribution in [0.4, 0.5) is 0 Å². The van der Waals surface area contributed by atoms with Crippen LogP contribution in [0.15, 0.2) is 72.8 Å². The lowest BCUT2D eigenvalue weighted by atomic mass is 9.98. The predicted octanol–water partition coefficient (Wildman–Crippen LogP) is 5.71. The lowest BCUT2D eigenvalue weighted by molar-refractivity contribution is -0.140. The number of hydrogen-bond donors (Lipinski definition) is 1. The average molecular weight is 471 g/mol.